The van der Waals surface area contributed by atoms with Crippen molar-refractivity contribution >= 4 is 29.1 Å². The van der Waals surface area contributed by atoms with Crippen LogP contribution in [0.1, 0.15) is 12.5 Å². The number of carbonyl (C=O) groups excluding carboxylic acids is 2. The van der Waals surface area contributed by atoms with Crippen LogP contribution in [-0.2, 0) is 16.1 Å². The molecule has 0 aliphatic heterocycles. The van der Waals surface area contributed by atoms with Gasteiger partial charge in [-0.25, -0.2) is 4.39 Å². The van der Waals surface area contributed by atoms with Gasteiger partial charge in [0.05, 0.1) is 0 Å². The maximum atomic E-state index is 12.8. The third-order valence-corrected chi connectivity index (χ3v) is 3.44. The van der Waals surface area contributed by atoms with Crippen LogP contribution in [0.4, 0.5) is 10.1 Å². The summed E-state index contributed by atoms with van der Waals surface area (Å²) in [5.41, 5.74) is 1.33. The van der Waals surface area contributed by atoms with Gasteiger partial charge in [-0.1, -0.05) is 29.8 Å². The lowest BCUT2D eigenvalue weighted by Gasteiger charge is -2.21. The van der Waals surface area contributed by atoms with Gasteiger partial charge in [-0.2, -0.15) is 0 Å². The fourth-order valence-electron chi connectivity index (χ4n) is 2.03. The van der Waals surface area contributed by atoms with Crippen molar-refractivity contribution in [3.8, 4) is 0 Å². The monoisotopic (exact) mass is 334 g/mol. The third-order valence-electron chi connectivity index (χ3n) is 3.20. The van der Waals surface area contributed by atoms with E-state index in [0.717, 1.165) is 5.56 Å². The standard InChI is InChI=1S/C17H16ClFN2O2/c1-12(22)21(16-4-2-3-14(18)9-16)11-17(23)20-10-13-5-7-15(19)8-6-13/h2-9H,10-11H2,1H3,(H,20,23). The number of benzene rings is 2. The molecule has 2 amide bonds. The van der Waals surface area contributed by atoms with Gasteiger partial charge >= 0.3 is 0 Å². The van der Waals surface area contributed by atoms with Crippen molar-refractivity contribution in [3.63, 3.8) is 0 Å². The van der Waals surface area contributed by atoms with Gasteiger partial charge in [0.15, 0.2) is 0 Å². The van der Waals surface area contributed by atoms with Crippen LogP contribution in [0.15, 0.2) is 48.5 Å². The van der Waals surface area contributed by atoms with Gasteiger partial charge in [0.25, 0.3) is 0 Å². The van der Waals surface area contributed by atoms with Gasteiger partial charge < -0.3 is 10.2 Å². The SMILES string of the molecule is CC(=O)N(CC(=O)NCc1ccc(F)cc1)c1cccc(Cl)c1. The number of rotatable bonds is 5. The second-order valence-electron chi connectivity index (χ2n) is 4.99. The molecule has 2 aromatic rings. The van der Waals surface area contributed by atoms with Crippen LogP contribution in [0.5, 0.6) is 0 Å². The molecule has 1 N–H and O–H groups in total. The molecule has 0 aliphatic carbocycles. The summed E-state index contributed by atoms with van der Waals surface area (Å²) in [7, 11) is 0. The van der Waals surface area contributed by atoms with Crippen molar-refractivity contribution in [2.24, 2.45) is 0 Å². The first-order valence-corrected chi connectivity index (χ1v) is 7.38. The molecule has 0 fully saturated rings. The second kappa shape index (κ2) is 7.74. The number of nitrogens with zero attached hydrogens (tertiary/aromatic N) is 1. The Hall–Kier alpha value is -2.40. The lowest BCUT2D eigenvalue weighted by atomic mass is 10.2. The minimum absolute atomic E-state index is 0.114. The predicted molar refractivity (Wildman–Crippen MR) is 87.7 cm³/mol. The summed E-state index contributed by atoms with van der Waals surface area (Å²) < 4.78 is 12.8. The van der Waals surface area contributed by atoms with Gasteiger partial charge in [0, 0.05) is 24.2 Å². The van der Waals surface area contributed by atoms with E-state index in [2.05, 4.69) is 5.32 Å². The molecule has 0 aliphatic rings. The third kappa shape index (κ3) is 5.07. The average Bonchev–Trinajstić information content (AvgIpc) is 2.51. The van der Waals surface area contributed by atoms with E-state index in [-0.39, 0.29) is 30.7 Å². The van der Waals surface area contributed by atoms with Gasteiger partial charge in [0.2, 0.25) is 11.8 Å². The highest BCUT2D eigenvalue weighted by molar-refractivity contribution is 6.30. The Kier molecular flexibility index (Phi) is 5.71. The molecule has 2 rings (SSSR count). The number of amides is 2. The maximum Gasteiger partial charge on any atom is 0.240 e. The molecule has 23 heavy (non-hydrogen) atoms. The topological polar surface area (TPSA) is 49.4 Å². The van der Waals surface area contributed by atoms with Crippen LogP contribution in [0.25, 0.3) is 0 Å². The summed E-state index contributed by atoms with van der Waals surface area (Å²) in [6, 6.07) is 12.6. The summed E-state index contributed by atoms with van der Waals surface area (Å²) >= 11 is 5.91. The number of halogens is 2. The number of nitrogens with one attached hydrogen (secondary N) is 1. The normalized spacial score (nSPS) is 10.2. The maximum absolute atomic E-state index is 12.8. The first kappa shape index (κ1) is 17.0. The minimum Gasteiger partial charge on any atom is -0.350 e. The van der Waals surface area contributed by atoms with E-state index in [9.17, 15) is 14.0 Å². The molecule has 0 saturated heterocycles. The van der Waals surface area contributed by atoms with Crippen LogP contribution < -0.4 is 10.2 Å². The van der Waals surface area contributed by atoms with Crippen molar-refractivity contribution in [2.45, 2.75) is 13.5 Å². The number of hydrogen-bond acceptors (Lipinski definition) is 2. The Balaban J connectivity index is 1.98. The zero-order valence-corrected chi connectivity index (χ0v) is 13.3. The van der Waals surface area contributed by atoms with Crippen LogP contribution in [-0.4, -0.2) is 18.4 Å². The molecule has 0 heterocycles. The average molecular weight is 335 g/mol. The number of carbonyl (C=O) groups is 2. The zero-order chi connectivity index (χ0) is 16.8. The summed E-state index contributed by atoms with van der Waals surface area (Å²) in [4.78, 5) is 25.1. The number of anilines is 1. The molecule has 120 valence electrons. The van der Waals surface area contributed by atoms with Crippen LogP contribution in [0.3, 0.4) is 0 Å². The highest BCUT2D eigenvalue weighted by Gasteiger charge is 2.15. The molecule has 0 aromatic heterocycles. The Morgan fingerprint density at radius 2 is 1.87 bits per heavy atom. The highest BCUT2D eigenvalue weighted by atomic mass is 35.5. The summed E-state index contributed by atoms with van der Waals surface area (Å²) in [6.07, 6.45) is 0. The molecule has 4 nitrogen and oxygen atoms in total. The van der Waals surface area contributed by atoms with Crippen molar-refractivity contribution in [1.82, 2.24) is 5.32 Å². The van der Waals surface area contributed by atoms with E-state index in [1.807, 2.05) is 0 Å². The van der Waals surface area contributed by atoms with Crippen LogP contribution in [0.2, 0.25) is 5.02 Å². The van der Waals surface area contributed by atoms with E-state index >= 15 is 0 Å². The fourth-order valence-corrected chi connectivity index (χ4v) is 2.22. The van der Waals surface area contributed by atoms with E-state index in [1.165, 1.54) is 24.0 Å². The zero-order valence-electron chi connectivity index (χ0n) is 12.6. The first-order chi connectivity index (χ1) is 11.0. The van der Waals surface area contributed by atoms with Crippen molar-refractivity contribution in [1.29, 1.82) is 0 Å². The lowest BCUT2D eigenvalue weighted by Crippen LogP contribution is -2.39. The molecule has 0 bridgehead atoms. The quantitative estimate of drug-likeness (QED) is 0.913. The Bertz CT molecular complexity index is 704. The molecule has 6 heteroatoms. The number of hydrogen-bond donors (Lipinski definition) is 1. The van der Waals surface area contributed by atoms with Crippen molar-refractivity contribution < 1.29 is 14.0 Å². The van der Waals surface area contributed by atoms with Crippen molar-refractivity contribution in [2.75, 3.05) is 11.4 Å². The second-order valence-corrected chi connectivity index (χ2v) is 5.42. The molecule has 0 radical (unpaired) electrons. The van der Waals surface area contributed by atoms with E-state index in [0.29, 0.717) is 10.7 Å². The minimum atomic E-state index is -0.330. The smallest absolute Gasteiger partial charge is 0.240 e. The van der Waals surface area contributed by atoms with Gasteiger partial charge in [-0.05, 0) is 35.9 Å². The Morgan fingerprint density at radius 1 is 1.17 bits per heavy atom. The Labute approximate surface area is 138 Å². The largest absolute Gasteiger partial charge is 0.350 e. The van der Waals surface area contributed by atoms with Gasteiger partial charge in [-0.15, -0.1) is 0 Å². The molecule has 0 atom stereocenters. The van der Waals surface area contributed by atoms with Gasteiger partial charge in [-0.3, -0.25) is 9.59 Å². The molecular formula is C17H16ClFN2O2. The van der Waals surface area contributed by atoms with Crippen LogP contribution in [0, 0.1) is 5.82 Å². The molecule has 0 saturated carbocycles. The van der Waals surface area contributed by atoms with Gasteiger partial charge in [0.1, 0.15) is 12.4 Å². The lowest BCUT2D eigenvalue weighted by molar-refractivity contribution is -0.123. The van der Waals surface area contributed by atoms with Crippen molar-refractivity contribution in [3.05, 3.63) is 64.9 Å². The van der Waals surface area contributed by atoms with E-state index in [4.69, 9.17) is 11.6 Å². The van der Waals surface area contributed by atoms with Crippen LogP contribution >= 0.6 is 11.6 Å². The molecule has 2 aromatic carbocycles. The molecule has 0 spiro atoms. The molecular weight excluding hydrogens is 319 g/mol. The first-order valence-electron chi connectivity index (χ1n) is 7.00. The highest BCUT2D eigenvalue weighted by Crippen LogP contribution is 2.19. The summed E-state index contributed by atoms with van der Waals surface area (Å²) in [6.45, 7) is 1.53. The Morgan fingerprint density at radius 3 is 2.48 bits per heavy atom. The van der Waals surface area contributed by atoms with E-state index in [1.54, 1.807) is 36.4 Å². The fraction of sp³-hybridized carbons (Fsp3) is 0.176. The molecule has 0 unspecified atom stereocenters. The summed E-state index contributed by atoms with van der Waals surface area (Å²) in [5.74, 6) is -0.905. The predicted octanol–water partition coefficient (Wildman–Crippen LogP) is 3.15. The van der Waals surface area contributed by atoms with E-state index < -0.39 is 0 Å². The summed E-state index contributed by atoms with van der Waals surface area (Å²) in [5, 5.41) is 3.19.